The Labute approximate surface area is 150 Å². The van der Waals surface area contributed by atoms with Crippen LogP contribution in [0.3, 0.4) is 0 Å². The maximum atomic E-state index is 11.1. The quantitative estimate of drug-likeness (QED) is 0.545. The van der Waals surface area contributed by atoms with Gasteiger partial charge in [-0.25, -0.2) is 4.79 Å². The smallest absolute Gasteiger partial charge is 0.330 e. The van der Waals surface area contributed by atoms with Crippen molar-refractivity contribution < 1.29 is 19.0 Å². The lowest BCUT2D eigenvalue weighted by molar-refractivity contribution is -0.134. The van der Waals surface area contributed by atoms with Gasteiger partial charge in [-0.3, -0.25) is 0 Å². The molecule has 0 aliphatic heterocycles. The summed E-state index contributed by atoms with van der Waals surface area (Å²) in [5.41, 5.74) is 1.68. The molecule has 0 aliphatic rings. The van der Waals surface area contributed by atoms with Crippen LogP contribution in [0, 0.1) is 0 Å². The average molecular weight is 367 g/mol. The topological polar surface area (TPSA) is 44.8 Å². The third-order valence-electron chi connectivity index (χ3n) is 3.18. The second kappa shape index (κ2) is 8.62. The third kappa shape index (κ3) is 4.91. The Kier molecular flexibility index (Phi) is 6.53. The predicted octanol–water partition coefficient (Wildman–Crippen LogP) is 4.77. The number of methoxy groups -OCH3 is 2. The highest BCUT2D eigenvalue weighted by molar-refractivity contribution is 6.42. The Balaban J connectivity index is 2.11. The number of benzene rings is 2. The largest absolute Gasteiger partial charge is 0.493 e. The molecule has 6 heteroatoms. The van der Waals surface area contributed by atoms with Gasteiger partial charge in [-0.05, 0) is 41.5 Å². The molecule has 0 heterocycles. The van der Waals surface area contributed by atoms with E-state index in [-0.39, 0.29) is 0 Å². The van der Waals surface area contributed by atoms with E-state index in [1.165, 1.54) is 13.2 Å². The first-order valence-electron chi connectivity index (χ1n) is 7.04. The molecule has 0 fully saturated rings. The van der Waals surface area contributed by atoms with E-state index in [2.05, 4.69) is 4.74 Å². The molecule has 126 valence electrons. The standard InChI is InChI=1S/C18H16Cl2O4/c1-22-17-10-12(5-8-18(21)23-2)4-7-16(17)24-11-13-3-6-14(19)15(20)9-13/h3-10H,11H2,1-2H3/b8-5+. The van der Waals surface area contributed by atoms with E-state index in [1.807, 2.05) is 12.1 Å². The molecule has 0 N–H and O–H groups in total. The van der Waals surface area contributed by atoms with E-state index in [9.17, 15) is 4.79 Å². The Morgan fingerprint density at radius 1 is 1.04 bits per heavy atom. The summed E-state index contributed by atoms with van der Waals surface area (Å²) in [6, 6.07) is 10.7. The van der Waals surface area contributed by atoms with Gasteiger partial charge in [0.05, 0.1) is 24.3 Å². The zero-order valence-electron chi connectivity index (χ0n) is 13.2. The van der Waals surface area contributed by atoms with Crippen molar-refractivity contribution in [2.45, 2.75) is 6.61 Å². The summed E-state index contributed by atoms with van der Waals surface area (Å²) in [6.07, 6.45) is 2.97. The maximum Gasteiger partial charge on any atom is 0.330 e. The molecule has 0 saturated heterocycles. The molecule has 0 unspecified atom stereocenters. The van der Waals surface area contributed by atoms with Crippen molar-refractivity contribution in [3.8, 4) is 11.5 Å². The van der Waals surface area contributed by atoms with Crippen LogP contribution >= 0.6 is 23.2 Å². The molecule has 0 spiro atoms. The van der Waals surface area contributed by atoms with Crippen molar-refractivity contribution in [1.29, 1.82) is 0 Å². The van der Waals surface area contributed by atoms with Crippen molar-refractivity contribution in [2.24, 2.45) is 0 Å². The first kappa shape index (κ1) is 18.2. The van der Waals surface area contributed by atoms with E-state index in [0.29, 0.717) is 28.2 Å². The first-order valence-corrected chi connectivity index (χ1v) is 7.80. The summed E-state index contributed by atoms with van der Waals surface area (Å²) in [5.74, 6) is 0.717. The molecule has 2 aromatic rings. The van der Waals surface area contributed by atoms with Gasteiger partial charge in [0.1, 0.15) is 6.61 Å². The monoisotopic (exact) mass is 366 g/mol. The van der Waals surface area contributed by atoms with Crippen LogP contribution in [0.1, 0.15) is 11.1 Å². The fourth-order valence-corrected chi connectivity index (χ4v) is 2.25. The number of hydrogen-bond acceptors (Lipinski definition) is 4. The number of hydrogen-bond donors (Lipinski definition) is 0. The fourth-order valence-electron chi connectivity index (χ4n) is 1.93. The summed E-state index contributed by atoms with van der Waals surface area (Å²) in [4.78, 5) is 11.1. The molecule has 2 rings (SSSR count). The second-order valence-corrected chi connectivity index (χ2v) is 5.62. The maximum absolute atomic E-state index is 11.1. The van der Waals surface area contributed by atoms with Crippen LogP contribution in [-0.2, 0) is 16.1 Å². The molecule has 24 heavy (non-hydrogen) atoms. The van der Waals surface area contributed by atoms with Crippen LogP contribution in [-0.4, -0.2) is 20.2 Å². The highest BCUT2D eigenvalue weighted by Crippen LogP contribution is 2.30. The van der Waals surface area contributed by atoms with Crippen molar-refractivity contribution in [3.63, 3.8) is 0 Å². The van der Waals surface area contributed by atoms with Gasteiger partial charge in [-0.1, -0.05) is 35.3 Å². The summed E-state index contributed by atoms with van der Waals surface area (Å²) in [6.45, 7) is 0.324. The van der Waals surface area contributed by atoms with Crippen LogP contribution in [0.25, 0.3) is 6.08 Å². The fraction of sp³-hybridized carbons (Fsp3) is 0.167. The van der Waals surface area contributed by atoms with E-state index in [1.54, 1.807) is 37.5 Å². The van der Waals surface area contributed by atoms with E-state index >= 15 is 0 Å². The van der Waals surface area contributed by atoms with Crippen LogP contribution in [0.5, 0.6) is 11.5 Å². The summed E-state index contributed by atoms with van der Waals surface area (Å²) in [5, 5.41) is 0.979. The van der Waals surface area contributed by atoms with Crippen molar-refractivity contribution in [1.82, 2.24) is 0 Å². The number of esters is 1. The highest BCUT2D eigenvalue weighted by atomic mass is 35.5. The molecule has 4 nitrogen and oxygen atoms in total. The number of rotatable bonds is 6. The van der Waals surface area contributed by atoms with Gasteiger partial charge in [-0.2, -0.15) is 0 Å². The van der Waals surface area contributed by atoms with Crippen molar-refractivity contribution in [2.75, 3.05) is 14.2 Å². The Bertz CT molecular complexity index is 757. The van der Waals surface area contributed by atoms with Gasteiger partial charge in [0.2, 0.25) is 0 Å². The Hall–Kier alpha value is -2.17. The molecule has 0 atom stereocenters. The summed E-state index contributed by atoms with van der Waals surface area (Å²) in [7, 11) is 2.88. The van der Waals surface area contributed by atoms with E-state index in [0.717, 1.165) is 11.1 Å². The zero-order valence-corrected chi connectivity index (χ0v) is 14.7. The zero-order chi connectivity index (χ0) is 17.5. The van der Waals surface area contributed by atoms with Crippen LogP contribution in [0.4, 0.5) is 0 Å². The molecule has 0 aliphatic carbocycles. The molecule has 0 amide bonds. The highest BCUT2D eigenvalue weighted by Gasteiger charge is 2.07. The van der Waals surface area contributed by atoms with Crippen LogP contribution in [0.15, 0.2) is 42.5 Å². The van der Waals surface area contributed by atoms with Crippen molar-refractivity contribution >= 4 is 35.2 Å². The lowest BCUT2D eigenvalue weighted by atomic mass is 10.2. The van der Waals surface area contributed by atoms with Crippen LogP contribution in [0.2, 0.25) is 10.0 Å². The minimum Gasteiger partial charge on any atom is -0.493 e. The van der Waals surface area contributed by atoms with Crippen LogP contribution < -0.4 is 9.47 Å². The summed E-state index contributed by atoms with van der Waals surface area (Å²) >= 11 is 11.9. The molecular weight excluding hydrogens is 351 g/mol. The molecule has 0 saturated carbocycles. The second-order valence-electron chi connectivity index (χ2n) is 4.80. The van der Waals surface area contributed by atoms with E-state index in [4.69, 9.17) is 32.7 Å². The minimum atomic E-state index is -0.422. The van der Waals surface area contributed by atoms with E-state index < -0.39 is 5.97 Å². The number of carbonyl (C=O) groups excluding carboxylic acids is 1. The molecule has 2 aromatic carbocycles. The Morgan fingerprint density at radius 3 is 2.50 bits per heavy atom. The Morgan fingerprint density at radius 2 is 1.83 bits per heavy atom. The number of carbonyl (C=O) groups is 1. The minimum absolute atomic E-state index is 0.324. The van der Waals surface area contributed by atoms with Gasteiger partial charge in [-0.15, -0.1) is 0 Å². The first-order chi connectivity index (χ1) is 11.5. The van der Waals surface area contributed by atoms with Gasteiger partial charge in [0.25, 0.3) is 0 Å². The normalized spacial score (nSPS) is 10.7. The van der Waals surface area contributed by atoms with Gasteiger partial charge >= 0.3 is 5.97 Å². The van der Waals surface area contributed by atoms with Gasteiger partial charge in [0.15, 0.2) is 11.5 Å². The third-order valence-corrected chi connectivity index (χ3v) is 3.92. The molecule has 0 aromatic heterocycles. The SMILES string of the molecule is COC(=O)/C=C/c1ccc(OCc2ccc(Cl)c(Cl)c2)c(OC)c1. The number of halogens is 2. The summed E-state index contributed by atoms with van der Waals surface area (Å²) < 4.78 is 15.7. The lowest BCUT2D eigenvalue weighted by Crippen LogP contribution is -1.98. The molecule has 0 radical (unpaired) electrons. The number of ether oxygens (including phenoxy) is 3. The predicted molar refractivity (Wildman–Crippen MR) is 94.8 cm³/mol. The van der Waals surface area contributed by atoms with Crippen molar-refractivity contribution in [3.05, 3.63) is 63.6 Å². The lowest BCUT2D eigenvalue weighted by Gasteiger charge is -2.12. The van der Waals surface area contributed by atoms with Gasteiger partial charge in [0, 0.05) is 6.08 Å². The molecular formula is C18H16Cl2O4. The molecule has 0 bridgehead atoms. The van der Waals surface area contributed by atoms with Gasteiger partial charge < -0.3 is 14.2 Å². The average Bonchev–Trinajstić information content (AvgIpc) is 2.60.